The summed E-state index contributed by atoms with van der Waals surface area (Å²) >= 11 is 0. The summed E-state index contributed by atoms with van der Waals surface area (Å²) in [5.74, 6) is 2.51. The van der Waals surface area contributed by atoms with E-state index < -0.39 is 33.6 Å². The lowest BCUT2D eigenvalue weighted by atomic mass is 9.88. The summed E-state index contributed by atoms with van der Waals surface area (Å²) in [7, 11) is -2.47. The summed E-state index contributed by atoms with van der Waals surface area (Å²) < 4.78 is 41.4. The van der Waals surface area contributed by atoms with Gasteiger partial charge in [-0.05, 0) is 70.6 Å². The van der Waals surface area contributed by atoms with E-state index in [0.717, 1.165) is 11.3 Å². The second kappa shape index (κ2) is 9.21. The number of sulfonamides is 1. The smallest absolute Gasteiger partial charge is 0.486 e. The number of allylic oxidation sites excluding steroid dienone is 1. The number of primary sulfonamides is 1. The van der Waals surface area contributed by atoms with Crippen molar-refractivity contribution in [1.82, 2.24) is 0 Å². The Labute approximate surface area is 176 Å². The second-order valence-corrected chi connectivity index (χ2v) is 10.6. The van der Waals surface area contributed by atoms with Crippen molar-refractivity contribution in [2.45, 2.75) is 70.3 Å². The van der Waals surface area contributed by atoms with Gasteiger partial charge in [-0.15, -0.1) is 0 Å². The van der Waals surface area contributed by atoms with Crippen molar-refractivity contribution in [3.05, 3.63) is 41.9 Å². The van der Waals surface area contributed by atoms with Crippen LogP contribution in [0.1, 0.15) is 53.0 Å². The summed E-state index contributed by atoms with van der Waals surface area (Å²) in [4.78, 5) is 0. The van der Waals surface area contributed by atoms with Crippen molar-refractivity contribution in [1.29, 1.82) is 0 Å². The molecule has 0 bridgehead atoms. The van der Waals surface area contributed by atoms with Crippen molar-refractivity contribution in [2.75, 3.05) is 7.11 Å². The fraction of sp³-hybridized carbons (Fsp3) is 0.619. The van der Waals surface area contributed by atoms with Crippen LogP contribution in [0.15, 0.2) is 36.3 Å². The molecule has 0 saturated carbocycles. The molecule has 29 heavy (non-hydrogen) atoms. The molecule has 1 aromatic carbocycles. The second-order valence-electron chi connectivity index (χ2n) is 8.78. The lowest BCUT2D eigenvalue weighted by Crippen LogP contribution is -2.41. The molecular formula is C21H34BNO5S. The highest BCUT2D eigenvalue weighted by Gasteiger charge is 2.50. The minimum atomic E-state index is -3.65. The molecule has 0 spiro atoms. The standard InChI is InChI=1S/C21H34BNO5S/c1-16(8-7-15-22-27-20(2,3)21(4,5)28-22)19(29(23,24)25)14-11-17-9-12-18(26-6)13-10-17/h7,9-10,12-13,15-16,19H,8,11,14H2,1-6H3,(H2,23,24,25). The molecule has 1 heterocycles. The normalized spacial score (nSPS) is 20.7. The molecule has 162 valence electrons. The zero-order valence-corrected chi connectivity index (χ0v) is 19.2. The Morgan fingerprint density at radius 3 is 2.17 bits per heavy atom. The number of rotatable bonds is 9. The van der Waals surface area contributed by atoms with Gasteiger partial charge in [0.2, 0.25) is 10.0 Å². The third kappa shape index (κ3) is 6.31. The van der Waals surface area contributed by atoms with Crippen LogP contribution in [0.5, 0.6) is 5.75 Å². The van der Waals surface area contributed by atoms with Gasteiger partial charge in [0, 0.05) is 0 Å². The summed E-state index contributed by atoms with van der Waals surface area (Å²) in [6.07, 6.45) is 3.61. The quantitative estimate of drug-likeness (QED) is 0.615. The van der Waals surface area contributed by atoms with Gasteiger partial charge < -0.3 is 14.0 Å². The molecule has 0 radical (unpaired) electrons. The van der Waals surface area contributed by atoms with Gasteiger partial charge in [0.05, 0.1) is 23.6 Å². The molecule has 2 unspecified atom stereocenters. The van der Waals surface area contributed by atoms with Gasteiger partial charge in [0.15, 0.2) is 0 Å². The third-order valence-corrected chi connectivity index (χ3v) is 7.55. The van der Waals surface area contributed by atoms with Gasteiger partial charge in [-0.3, -0.25) is 0 Å². The fourth-order valence-corrected chi connectivity index (χ4v) is 4.60. The molecule has 2 atom stereocenters. The van der Waals surface area contributed by atoms with Gasteiger partial charge in [0.1, 0.15) is 5.75 Å². The first-order valence-corrected chi connectivity index (χ1v) is 11.6. The first-order chi connectivity index (χ1) is 13.4. The molecule has 1 saturated heterocycles. The number of hydrogen-bond donors (Lipinski definition) is 1. The molecule has 1 aliphatic rings. The molecule has 8 heteroatoms. The molecule has 1 aromatic rings. The van der Waals surface area contributed by atoms with Gasteiger partial charge >= 0.3 is 7.12 Å². The lowest BCUT2D eigenvalue weighted by Gasteiger charge is -2.32. The van der Waals surface area contributed by atoms with Crippen LogP contribution in [0.2, 0.25) is 0 Å². The number of aryl methyl sites for hydroxylation is 1. The molecule has 6 nitrogen and oxygen atoms in total. The first kappa shape index (κ1) is 23.9. The van der Waals surface area contributed by atoms with Crippen LogP contribution in [0, 0.1) is 5.92 Å². The third-order valence-electron chi connectivity index (χ3n) is 6.01. The van der Waals surface area contributed by atoms with Crippen LogP contribution in [0.25, 0.3) is 0 Å². The van der Waals surface area contributed by atoms with Crippen molar-refractivity contribution in [3.8, 4) is 5.75 Å². The van der Waals surface area contributed by atoms with E-state index in [4.69, 9.17) is 19.2 Å². The zero-order valence-electron chi connectivity index (χ0n) is 18.3. The van der Waals surface area contributed by atoms with E-state index in [1.165, 1.54) is 0 Å². The van der Waals surface area contributed by atoms with Crippen LogP contribution < -0.4 is 9.88 Å². The van der Waals surface area contributed by atoms with E-state index >= 15 is 0 Å². The number of methoxy groups -OCH3 is 1. The summed E-state index contributed by atoms with van der Waals surface area (Å²) in [5, 5.41) is 4.92. The van der Waals surface area contributed by atoms with Crippen LogP contribution >= 0.6 is 0 Å². The summed E-state index contributed by atoms with van der Waals surface area (Å²) in [5.41, 5.74) is 0.268. The highest BCUT2D eigenvalue weighted by Crippen LogP contribution is 2.37. The molecule has 2 rings (SSSR count). The Kier molecular flexibility index (Phi) is 7.60. The maximum atomic E-state index is 12.2. The van der Waals surface area contributed by atoms with E-state index in [2.05, 4.69) is 0 Å². The predicted octanol–water partition coefficient (Wildman–Crippen LogP) is 3.50. The zero-order chi connectivity index (χ0) is 21.9. The molecule has 0 aliphatic carbocycles. The average Bonchev–Trinajstić information content (AvgIpc) is 2.81. The van der Waals surface area contributed by atoms with Crippen molar-refractivity contribution >= 4 is 17.1 Å². The molecular weight excluding hydrogens is 389 g/mol. The Balaban J connectivity index is 1.96. The Morgan fingerprint density at radius 2 is 1.69 bits per heavy atom. The van der Waals surface area contributed by atoms with Gasteiger partial charge in [-0.1, -0.05) is 31.1 Å². The minimum Gasteiger partial charge on any atom is -0.497 e. The highest BCUT2D eigenvalue weighted by atomic mass is 32.2. The van der Waals surface area contributed by atoms with Crippen molar-refractivity contribution in [3.63, 3.8) is 0 Å². The van der Waals surface area contributed by atoms with E-state index in [1.54, 1.807) is 7.11 Å². The largest absolute Gasteiger partial charge is 0.497 e. The number of nitrogens with two attached hydrogens (primary N) is 1. The maximum absolute atomic E-state index is 12.2. The fourth-order valence-electron chi connectivity index (χ4n) is 3.40. The number of benzene rings is 1. The average molecular weight is 423 g/mol. The molecule has 1 fully saturated rings. The predicted molar refractivity (Wildman–Crippen MR) is 117 cm³/mol. The minimum absolute atomic E-state index is 0.123. The van der Waals surface area contributed by atoms with E-state index in [0.29, 0.717) is 19.3 Å². The van der Waals surface area contributed by atoms with Gasteiger partial charge in [-0.2, -0.15) is 0 Å². The number of ether oxygens (including phenoxy) is 1. The maximum Gasteiger partial charge on any atom is 0.486 e. The lowest BCUT2D eigenvalue weighted by molar-refractivity contribution is 0.00578. The summed E-state index contributed by atoms with van der Waals surface area (Å²) in [6, 6.07) is 7.64. The van der Waals surface area contributed by atoms with Crippen LogP contribution in [0.3, 0.4) is 0 Å². The van der Waals surface area contributed by atoms with Crippen LogP contribution in [-0.4, -0.2) is 39.1 Å². The Morgan fingerprint density at radius 1 is 1.14 bits per heavy atom. The van der Waals surface area contributed by atoms with Gasteiger partial charge in [-0.25, -0.2) is 13.6 Å². The van der Waals surface area contributed by atoms with Crippen molar-refractivity contribution in [2.24, 2.45) is 11.1 Å². The van der Waals surface area contributed by atoms with Crippen LogP contribution in [-0.2, 0) is 25.8 Å². The molecule has 0 aromatic heterocycles. The van der Waals surface area contributed by atoms with Crippen molar-refractivity contribution < 1.29 is 22.5 Å². The molecule has 2 N–H and O–H groups in total. The molecule has 0 amide bonds. The Hall–Kier alpha value is -1.35. The van der Waals surface area contributed by atoms with E-state index in [1.807, 2.05) is 70.9 Å². The van der Waals surface area contributed by atoms with E-state index in [9.17, 15) is 8.42 Å². The first-order valence-electron chi connectivity index (χ1n) is 10.0. The Bertz CT molecular complexity index is 789. The summed E-state index contributed by atoms with van der Waals surface area (Å²) in [6.45, 7) is 9.91. The monoisotopic (exact) mass is 423 g/mol. The number of hydrogen-bond acceptors (Lipinski definition) is 5. The molecule has 1 aliphatic heterocycles. The van der Waals surface area contributed by atoms with Crippen LogP contribution in [0.4, 0.5) is 0 Å². The van der Waals surface area contributed by atoms with Gasteiger partial charge in [0.25, 0.3) is 0 Å². The SMILES string of the molecule is COc1ccc(CCC(C(C)CC=CB2OC(C)(C)C(C)(C)O2)S(N)(=O)=O)cc1. The van der Waals surface area contributed by atoms with E-state index in [-0.39, 0.29) is 5.92 Å². The topological polar surface area (TPSA) is 87.8 Å². The highest BCUT2D eigenvalue weighted by molar-refractivity contribution is 7.89.